The van der Waals surface area contributed by atoms with E-state index < -0.39 is 0 Å². The van der Waals surface area contributed by atoms with Gasteiger partial charge in [0.15, 0.2) is 0 Å². The van der Waals surface area contributed by atoms with Crippen LogP contribution in [0.15, 0.2) is 24.3 Å². The second-order valence-corrected chi connectivity index (χ2v) is 7.28. The molecule has 1 aromatic rings. The van der Waals surface area contributed by atoms with Crippen LogP contribution in [0.5, 0.6) is 0 Å². The van der Waals surface area contributed by atoms with Crippen LogP contribution in [0.1, 0.15) is 44.9 Å². The number of likely N-dealkylation sites (tertiary alicyclic amines) is 1. The summed E-state index contributed by atoms with van der Waals surface area (Å²) in [5, 5.41) is 3.52. The van der Waals surface area contributed by atoms with Crippen molar-refractivity contribution in [3.8, 4) is 12.3 Å². The fraction of sp³-hybridized carbons (Fsp3) is 0.600. The summed E-state index contributed by atoms with van der Waals surface area (Å²) in [7, 11) is 0. The predicted octanol–water partition coefficient (Wildman–Crippen LogP) is 3.68. The number of benzene rings is 1. The third kappa shape index (κ3) is 2.60. The van der Waals surface area contributed by atoms with Gasteiger partial charge in [-0.05, 0) is 37.8 Å². The first kappa shape index (κ1) is 14.9. The van der Waals surface area contributed by atoms with Crippen LogP contribution in [0.3, 0.4) is 0 Å². The molecule has 0 amide bonds. The van der Waals surface area contributed by atoms with Gasteiger partial charge in [0.05, 0.1) is 23.6 Å². The van der Waals surface area contributed by atoms with Crippen LogP contribution in [-0.2, 0) is 0 Å². The molecule has 0 spiro atoms. The molecule has 1 saturated carbocycles. The molecule has 2 fully saturated rings. The highest BCUT2D eigenvalue weighted by Gasteiger charge is 2.39. The molecule has 0 atom stereocenters. The molecule has 23 heavy (non-hydrogen) atoms. The summed E-state index contributed by atoms with van der Waals surface area (Å²) in [4.78, 5) is 5.17. The lowest BCUT2D eigenvalue weighted by Crippen LogP contribution is -2.55. The molecular formula is C20H27N3. The average molecular weight is 309 g/mol. The summed E-state index contributed by atoms with van der Waals surface area (Å²) < 4.78 is 0. The van der Waals surface area contributed by atoms with E-state index in [1.165, 1.54) is 56.3 Å². The molecule has 1 N–H and O–H groups in total. The fourth-order valence-corrected chi connectivity index (χ4v) is 4.75. The molecule has 2 heterocycles. The first-order chi connectivity index (χ1) is 11.3. The van der Waals surface area contributed by atoms with Crippen molar-refractivity contribution in [2.24, 2.45) is 0 Å². The van der Waals surface area contributed by atoms with Crippen molar-refractivity contribution in [2.75, 3.05) is 30.0 Å². The molecule has 3 heteroatoms. The Labute approximate surface area is 140 Å². The topological polar surface area (TPSA) is 18.5 Å². The fourth-order valence-electron chi connectivity index (χ4n) is 4.75. The Bertz CT molecular complexity index is 589. The van der Waals surface area contributed by atoms with Gasteiger partial charge in [-0.15, -0.1) is 6.42 Å². The zero-order valence-corrected chi connectivity index (χ0v) is 13.9. The molecule has 0 aromatic heterocycles. The van der Waals surface area contributed by atoms with Gasteiger partial charge < -0.3 is 10.2 Å². The van der Waals surface area contributed by atoms with E-state index in [1.807, 2.05) is 0 Å². The molecule has 3 aliphatic rings. The molecular weight excluding hydrogens is 282 g/mol. The molecule has 3 nitrogen and oxygen atoms in total. The van der Waals surface area contributed by atoms with E-state index in [4.69, 9.17) is 6.42 Å². The zero-order valence-electron chi connectivity index (χ0n) is 13.9. The van der Waals surface area contributed by atoms with E-state index in [0.29, 0.717) is 6.04 Å². The van der Waals surface area contributed by atoms with E-state index in [-0.39, 0.29) is 5.54 Å². The van der Waals surface area contributed by atoms with Crippen molar-refractivity contribution in [1.82, 2.24) is 4.90 Å². The first-order valence-electron chi connectivity index (χ1n) is 9.15. The van der Waals surface area contributed by atoms with Gasteiger partial charge in [0.1, 0.15) is 0 Å². The quantitative estimate of drug-likeness (QED) is 0.841. The number of hydrogen-bond acceptors (Lipinski definition) is 3. The van der Waals surface area contributed by atoms with Crippen molar-refractivity contribution in [1.29, 1.82) is 0 Å². The Morgan fingerprint density at radius 1 is 1.09 bits per heavy atom. The molecule has 2 aliphatic heterocycles. The third-order valence-electron chi connectivity index (χ3n) is 6.11. The summed E-state index contributed by atoms with van der Waals surface area (Å²) in [6.07, 6.45) is 14.8. The van der Waals surface area contributed by atoms with Crippen LogP contribution in [0.25, 0.3) is 0 Å². The lowest BCUT2D eigenvalue weighted by molar-refractivity contribution is 0.0728. The van der Waals surface area contributed by atoms with Crippen molar-refractivity contribution in [3.63, 3.8) is 0 Å². The third-order valence-corrected chi connectivity index (χ3v) is 6.11. The van der Waals surface area contributed by atoms with Crippen LogP contribution in [0.2, 0.25) is 0 Å². The maximum Gasteiger partial charge on any atom is 0.0880 e. The second-order valence-electron chi connectivity index (χ2n) is 7.28. The molecule has 0 bridgehead atoms. The van der Waals surface area contributed by atoms with E-state index in [2.05, 4.69) is 45.3 Å². The van der Waals surface area contributed by atoms with Gasteiger partial charge in [0.25, 0.3) is 0 Å². The number of nitrogens with zero attached hydrogens (tertiary/aromatic N) is 2. The monoisotopic (exact) mass is 309 g/mol. The molecule has 122 valence electrons. The molecule has 1 aromatic carbocycles. The number of rotatable bonds is 2. The molecule has 0 radical (unpaired) electrons. The zero-order chi connectivity index (χ0) is 15.7. The van der Waals surface area contributed by atoms with Crippen LogP contribution < -0.4 is 10.2 Å². The van der Waals surface area contributed by atoms with Gasteiger partial charge >= 0.3 is 0 Å². The Balaban J connectivity index is 1.43. The number of para-hydroxylation sites is 2. The van der Waals surface area contributed by atoms with Gasteiger partial charge in [-0.1, -0.05) is 37.3 Å². The first-order valence-corrected chi connectivity index (χ1v) is 9.15. The lowest BCUT2D eigenvalue weighted by Gasteiger charge is -2.47. The Morgan fingerprint density at radius 3 is 2.57 bits per heavy atom. The normalized spacial score (nSPS) is 24.7. The highest BCUT2D eigenvalue weighted by Crippen LogP contribution is 2.38. The van der Waals surface area contributed by atoms with Crippen LogP contribution >= 0.6 is 0 Å². The van der Waals surface area contributed by atoms with E-state index in [9.17, 15) is 0 Å². The van der Waals surface area contributed by atoms with Crippen LogP contribution in [0, 0.1) is 12.3 Å². The van der Waals surface area contributed by atoms with Gasteiger partial charge in [-0.3, -0.25) is 4.90 Å². The molecule has 0 unspecified atom stereocenters. The van der Waals surface area contributed by atoms with E-state index >= 15 is 0 Å². The van der Waals surface area contributed by atoms with Gasteiger partial charge in [-0.25, -0.2) is 0 Å². The Morgan fingerprint density at radius 2 is 1.83 bits per heavy atom. The minimum absolute atomic E-state index is 0.0599. The number of piperidine rings is 1. The average Bonchev–Trinajstić information content (AvgIpc) is 3.06. The molecule has 4 rings (SSSR count). The second kappa shape index (κ2) is 6.09. The van der Waals surface area contributed by atoms with Crippen LogP contribution in [0.4, 0.5) is 11.4 Å². The summed E-state index contributed by atoms with van der Waals surface area (Å²) in [5.41, 5.74) is 2.71. The van der Waals surface area contributed by atoms with Crippen molar-refractivity contribution < 1.29 is 0 Å². The minimum Gasteiger partial charge on any atom is -0.366 e. The van der Waals surface area contributed by atoms with E-state index in [1.54, 1.807) is 0 Å². The maximum atomic E-state index is 5.98. The lowest BCUT2D eigenvalue weighted by atomic mass is 9.79. The number of anilines is 2. The number of nitrogens with one attached hydrogen (secondary N) is 1. The summed E-state index contributed by atoms with van der Waals surface area (Å²) in [5.74, 6) is 3.19. The maximum absolute atomic E-state index is 5.98. The van der Waals surface area contributed by atoms with Crippen molar-refractivity contribution >= 4 is 11.4 Å². The molecule has 1 saturated heterocycles. The van der Waals surface area contributed by atoms with Gasteiger partial charge in [0, 0.05) is 19.1 Å². The highest BCUT2D eigenvalue weighted by atomic mass is 15.3. The van der Waals surface area contributed by atoms with Crippen molar-refractivity contribution in [3.05, 3.63) is 24.3 Å². The Kier molecular flexibility index (Phi) is 3.95. The summed E-state index contributed by atoms with van der Waals surface area (Å²) in [6, 6.07) is 9.31. The number of hydrogen-bond donors (Lipinski definition) is 1. The Hall–Kier alpha value is -1.66. The van der Waals surface area contributed by atoms with Gasteiger partial charge in [0.2, 0.25) is 0 Å². The highest BCUT2D eigenvalue weighted by molar-refractivity contribution is 5.74. The van der Waals surface area contributed by atoms with Crippen LogP contribution in [-0.4, -0.2) is 36.2 Å². The number of terminal acetylenes is 1. The van der Waals surface area contributed by atoms with Gasteiger partial charge in [-0.2, -0.15) is 0 Å². The number of fused-ring (bicyclic) bond motifs is 1. The standard InChI is InChI=1S/C20H27N3/c1-2-20(12-6-3-7-13-20)22-14-10-17(11-15-22)23-16-21-18-8-4-5-9-19(18)23/h1,4-5,8-9,17,21H,3,6-7,10-16H2. The van der Waals surface area contributed by atoms with E-state index in [0.717, 1.165) is 19.8 Å². The smallest absolute Gasteiger partial charge is 0.0880 e. The molecule has 1 aliphatic carbocycles. The predicted molar refractivity (Wildman–Crippen MR) is 96.7 cm³/mol. The van der Waals surface area contributed by atoms with Crippen molar-refractivity contribution in [2.45, 2.75) is 56.5 Å². The largest absolute Gasteiger partial charge is 0.366 e. The minimum atomic E-state index is 0.0599. The summed E-state index contributed by atoms with van der Waals surface area (Å²) >= 11 is 0. The SMILES string of the molecule is C#CC1(N2CCC(N3CNc4ccccc43)CC2)CCCCC1. The summed E-state index contributed by atoms with van der Waals surface area (Å²) in [6.45, 7) is 3.24.